The van der Waals surface area contributed by atoms with Crippen LogP contribution in [0.4, 0.5) is 26.0 Å². The molecule has 0 spiro atoms. The molecule has 5 aliphatic heterocycles. The molecule has 6 aliphatic rings. The number of aromatic nitrogens is 3. The first-order chi connectivity index (χ1) is 34.5. The lowest BCUT2D eigenvalue weighted by Gasteiger charge is -2.40. The molecular formula is C55H65F2N9O6. The molecule has 1 aliphatic carbocycles. The van der Waals surface area contributed by atoms with Gasteiger partial charge in [0, 0.05) is 87.3 Å². The van der Waals surface area contributed by atoms with E-state index < -0.39 is 34.6 Å². The lowest BCUT2D eigenvalue weighted by atomic mass is 9.86. The van der Waals surface area contributed by atoms with Gasteiger partial charge < -0.3 is 29.6 Å². The smallest absolute Gasteiger partial charge is 0.319 e. The Labute approximate surface area is 418 Å². The molecule has 72 heavy (non-hydrogen) atoms. The van der Waals surface area contributed by atoms with Crippen LogP contribution >= 0.6 is 0 Å². The molecule has 1 unspecified atom stereocenters. The van der Waals surface area contributed by atoms with E-state index in [0.717, 1.165) is 101 Å². The molecular weight excluding hydrogens is 921 g/mol. The normalized spacial score (nSPS) is 23.8. The minimum absolute atomic E-state index is 0.00884. The van der Waals surface area contributed by atoms with E-state index in [4.69, 9.17) is 14.7 Å². The number of likely N-dealkylation sites (tertiary alicyclic amines) is 1. The predicted molar refractivity (Wildman–Crippen MR) is 271 cm³/mol. The number of imide groups is 1. The third-order valence-corrected chi connectivity index (χ3v) is 16.6. The van der Waals surface area contributed by atoms with Crippen molar-refractivity contribution in [1.82, 2.24) is 30.1 Å². The van der Waals surface area contributed by atoms with Gasteiger partial charge in [-0.15, -0.1) is 0 Å². The summed E-state index contributed by atoms with van der Waals surface area (Å²) in [5.74, 6) is -1.02. The van der Waals surface area contributed by atoms with Crippen LogP contribution in [0.5, 0.6) is 11.8 Å². The van der Waals surface area contributed by atoms with Gasteiger partial charge >= 0.3 is 6.01 Å². The van der Waals surface area contributed by atoms with Crippen molar-refractivity contribution in [2.45, 2.75) is 103 Å². The van der Waals surface area contributed by atoms with Crippen LogP contribution in [0.3, 0.4) is 0 Å². The number of fused-ring (bicyclic) bond motifs is 3. The van der Waals surface area contributed by atoms with Crippen molar-refractivity contribution in [3.8, 4) is 23.0 Å². The first-order valence-electron chi connectivity index (χ1n) is 25.9. The summed E-state index contributed by atoms with van der Waals surface area (Å²) in [6.07, 6.45) is 8.01. The van der Waals surface area contributed by atoms with Gasteiger partial charge in [-0.1, -0.05) is 13.0 Å². The van der Waals surface area contributed by atoms with E-state index in [1.54, 1.807) is 17.9 Å². The van der Waals surface area contributed by atoms with E-state index in [1.165, 1.54) is 24.4 Å². The predicted octanol–water partition coefficient (Wildman–Crippen LogP) is 6.87. The van der Waals surface area contributed by atoms with Gasteiger partial charge in [0.1, 0.15) is 34.6 Å². The van der Waals surface area contributed by atoms with Crippen molar-refractivity contribution in [3.05, 3.63) is 71.4 Å². The number of carbonyl (C=O) groups is 3. The van der Waals surface area contributed by atoms with Gasteiger partial charge in [-0.25, -0.2) is 8.78 Å². The number of hydrogen-bond donors (Lipinski definition) is 3. The van der Waals surface area contributed by atoms with E-state index in [9.17, 15) is 24.6 Å². The average molecular weight is 986 g/mol. The first-order valence-corrected chi connectivity index (χ1v) is 25.9. The number of ether oxygens (including phenoxy) is 1. The standard InChI is InChI=1S/C55H65F2N9O6/c1-5-37-41(56)9-7-34-25-36(67)27-38(45(34)37)47-46(57)48-39(28-58-47)49(65-18-6-15-54(4,71)30-65)61-52(60-48)72-32-55(16-17-55)31-63-19-13-33(14-20-63)29-62-21-23-64(24-22-62)35-8-10-42-40(26-35)53(2,3)51(70)66(42)43-11-12-44(68)59-50(43)69/h7-10,25-28,33,43,67,71H,5-6,11-24,29-32H2,1-4H3,(H,59,68,69)/t43?,54-/m1/s1. The number of aliphatic hydroxyl groups is 1. The Morgan fingerprint density at radius 3 is 2.38 bits per heavy atom. The second kappa shape index (κ2) is 18.5. The summed E-state index contributed by atoms with van der Waals surface area (Å²) < 4.78 is 38.8. The van der Waals surface area contributed by atoms with Crippen LogP contribution in [0.15, 0.2) is 48.7 Å². The number of benzene rings is 3. The number of aryl methyl sites for hydroxylation is 1. The maximum Gasteiger partial charge on any atom is 0.319 e. The monoisotopic (exact) mass is 986 g/mol. The molecule has 5 aromatic rings. The minimum Gasteiger partial charge on any atom is -0.508 e. The molecule has 0 radical (unpaired) electrons. The number of anilines is 3. The van der Waals surface area contributed by atoms with Gasteiger partial charge in [0.25, 0.3) is 0 Å². The molecule has 7 heterocycles. The summed E-state index contributed by atoms with van der Waals surface area (Å²) in [5, 5.41) is 25.7. The third kappa shape index (κ3) is 8.99. The topological polar surface area (TPSA) is 168 Å². The van der Waals surface area contributed by atoms with Gasteiger partial charge in [0.2, 0.25) is 17.7 Å². The fraction of sp³-hybridized carbons (Fsp3) is 0.527. The summed E-state index contributed by atoms with van der Waals surface area (Å²) in [4.78, 5) is 63.6. The Morgan fingerprint density at radius 2 is 1.65 bits per heavy atom. The zero-order valence-corrected chi connectivity index (χ0v) is 41.8. The number of piperidine rings is 3. The Balaban J connectivity index is 0.730. The fourth-order valence-corrected chi connectivity index (χ4v) is 12.2. The molecule has 5 fully saturated rings. The van der Waals surface area contributed by atoms with Gasteiger partial charge in [0.15, 0.2) is 5.82 Å². The molecule has 2 aromatic heterocycles. The van der Waals surface area contributed by atoms with E-state index in [0.29, 0.717) is 72.4 Å². The number of piperazine rings is 1. The Morgan fingerprint density at radius 1 is 0.875 bits per heavy atom. The minimum atomic E-state index is -0.969. The molecule has 380 valence electrons. The number of nitrogens with one attached hydrogen (secondary N) is 1. The highest BCUT2D eigenvalue weighted by Crippen LogP contribution is 2.48. The summed E-state index contributed by atoms with van der Waals surface area (Å²) in [7, 11) is 0. The molecule has 0 bridgehead atoms. The number of β-amino-alcohol motifs (C(OH)–C–C–N with tert-alkyl or cyclic N) is 1. The molecule has 3 N–H and O–H groups in total. The fourth-order valence-electron chi connectivity index (χ4n) is 12.2. The van der Waals surface area contributed by atoms with Crippen molar-refractivity contribution in [2.24, 2.45) is 11.3 Å². The number of pyridine rings is 1. The van der Waals surface area contributed by atoms with E-state index in [-0.39, 0.29) is 52.2 Å². The molecule has 2 atom stereocenters. The summed E-state index contributed by atoms with van der Waals surface area (Å²) in [6, 6.07) is 11.4. The number of halogens is 2. The lowest BCUT2D eigenvalue weighted by Crippen LogP contribution is -2.55. The maximum absolute atomic E-state index is 17.2. The largest absolute Gasteiger partial charge is 0.508 e. The zero-order valence-electron chi connectivity index (χ0n) is 41.8. The number of amides is 3. The molecule has 11 rings (SSSR count). The van der Waals surface area contributed by atoms with Crippen LogP contribution in [0.2, 0.25) is 0 Å². The van der Waals surface area contributed by atoms with Crippen molar-refractivity contribution in [3.63, 3.8) is 0 Å². The van der Waals surface area contributed by atoms with Crippen molar-refractivity contribution in [1.29, 1.82) is 0 Å². The average Bonchev–Trinajstić information content (AvgIpc) is 4.09. The SMILES string of the molecule is CCc1c(F)ccc2cc(O)cc(-c3ncc4c(N5CCC[C@@](C)(O)C5)nc(OCC5(CN6CCC(CN7CCN(c8ccc9c(c8)C(C)(C)C(=O)N9C8CCC(=O)NC8=O)CC7)CC6)CC5)nc4c3F)c12. The third-order valence-electron chi connectivity index (χ3n) is 16.6. The molecule has 3 amide bonds. The van der Waals surface area contributed by atoms with E-state index in [1.807, 2.05) is 31.7 Å². The van der Waals surface area contributed by atoms with Crippen molar-refractivity contribution >= 4 is 56.6 Å². The second-order valence-electron chi connectivity index (χ2n) is 22.3. The highest BCUT2D eigenvalue weighted by Gasteiger charge is 2.50. The number of phenols is 1. The number of nitrogens with zero attached hydrogens (tertiary/aromatic N) is 8. The second-order valence-corrected chi connectivity index (χ2v) is 22.3. The molecule has 17 heteroatoms. The van der Waals surface area contributed by atoms with Crippen LogP contribution in [0.25, 0.3) is 32.9 Å². The Hall–Kier alpha value is -6.04. The number of phenolic OH excluding ortho intramolecular Hbond substituents is 1. The summed E-state index contributed by atoms with van der Waals surface area (Å²) >= 11 is 0. The van der Waals surface area contributed by atoms with Crippen LogP contribution < -0.4 is 24.8 Å². The Bertz CT molecular complexity index is 2980. The van der Waals surface area contributed by atoms with Gasteiger partial charge in [0.05, 0.1) is 23.0 Å². The highest BCUT2D eigenvalue weighted by atomic mass is 19.1. The molecule has 3 aromatic carbocycles. The summed E-state index contributed by atoms with van der Waals surface area (Å²) in [5.41, 5.74) is 1.55. The number of aromatic hydroxyl groups is 1. The van der Waals surface area contributed by atoms with E-state index >= 15 is 8.78 Å². The lowest BCUT2D eigenvalue weighted by molar-refractivity contribution is -0.136. The van der Waals surface area contributed by atoms with E-state index in [2.05, 4.69) is 37.1 Å². The molecule has 1 saturated carbocycles. The number of carbonyl (C=O) groups excluding carboxylic acids is 3. The van der Waals surface area contributed by atoms with Gasteiger partial charge in [-0.05, 0) is 149 Å². The Kier molecular flexibility index (Phi) is 12.4. The molecule has 4 saturated heterocycles. The van der Waals surface area contributed by atoms with Crippen LogP contribution in [0.1, 0.15) is 90.2 Å². The quantitative estimate of drug-likeness (QED) is 0.111. The van der Waals surface area contributed by atoms with Crippen molar-refractivity contribution < 1.29 is 38.1 Å². The number of hydrogen-bond acceptors (Lipinski definition) is 13. The highest BCUT2D eigenvalue weighted by molar-refractivity contribution is 6.14. The first kappa shape index (κ1) is 48.2. The molecule has 15 nitrogen and oxygen atoms in total. The van der Waals surface area contributed by atoms with Crippen molar-refractivity contribution in [2.75, 3.05) is 86.8 Å². The summed E-state index contributed by atoms with van der Waals surface area (Å²) in [6.45, 7) is 16.4. The van der Waals surface area contributed by atoms with Gasteiger partial charge in [-0.2, -0.15) is 9.97 Å². The van der Waals surface area contributed by atoms with Crippen LogP contribution in [-0.2, 0) is 26.2 Å². The van der Waals surface area contributed by atoms with Crippen LogP contribution in [0, 0.1) is 23.0 Å². The van der Waals surface area contributed by atoms with Crippen LogP contribution in [-0.4, -0.2) is 136 Å². The van der Waals surface area contributed by atoms with Gasteiger partial charge in [-0.3, -0.25) is 34.5 Å². The number of rotatable bonds is 12. The maximum atomic E-state index is 17.2. The zero-order chi connectivity index (χ0) is 50.3.